The molecule has 0 spiro atoms. The molecule has 1 fully saturated rings. The number of aromatic nitrogens is 3. The first-order chi connectivity index (χ1) is 13.5. The Morgan fingerprint density at radius 1 is 1.11 bits per heavy atom. The zero-order chi connectivity index (χ0) is 19.7. The Kier molecular flexibility index (Phi) is 4.65. The summed E-state index contributed by atoms with van der Waals surface area (Å²) in [6.45, 7) is 2.50. The maximum absolute atomic E-state index is 13.0. The van der Waals surface area contributed by atoms with Crippen LogP contribution in [-0.4, -0.2) is 50.2 Å². The minimum Gasteiger partial charge on any atom is -0.481 e. The van der Waals surface area contributed by atoms with Crippen LogP contribution >= 0.6 is 0 Å². The SMILES string of the molecule is Cc1ccccc1[C@@H]1CN(C(=O)c2cc(-c3ccccn3)n[nH]2)C[C@H]1C(=O)O. The number of pyridine rings is 1. The van der Waals surface area contributed by atoms with E-state index >= 15 is 0 Å². The average Bonchev–Trinajstić information content (AvgIpc) is 3.36. The lowest BCUT2D eigenvalue weighted by Crippen LogP contribution is -2.30. The summed E-state index contributed by atoms with van der Waals surface area (Å²) in [5, 5.41) is 16.6. The Labute approximate surface area is 162 Å². The standard InChI is InChI=1S/C21H20N4O3/c1-13-6-2-3-7-14(13)15-11-25(12-16(15)21(27)28)20(26)19-10-18(23-24-19)17-8-4-5-9-22-17/h2-10,15-16H,11-12H2,1H3,(H,23,24)(H,27,28)/t15-,16+/m0/s1. The Balaban J connectivity index is 1.58. The largest absolute Gasteiger partial charge is 0.481 e. The predicted octanol–water partition coefficient (Wildman–Crippen LogP) is 2.72. The van der Waals surface area contributed by atoms with Crippen molar-refractivity contribution in [3.05, 3.63) is 71.5 Å². The van der Waals surface area contributed by atoms with E-state index in [9.17, 15) is 14.7 Å². The van der Waals surface area contributed by atoms with E-state index in [0.717, 1.165) is 11.1 Å². The fourth-order valence-corrected chi connectivity index (χ4v) is 3.78. The second-order valence-electron chi connectivity index (χ2n) is 7.00. The molecule has 7 nitrogen and oxygen atoms in total. The van der Waals surface area contributed by atoms with Crippen molar-refractivity contribution < 1.29 is 14.7 Å². The smallest absolute Gasteiger partial charge is 0.308 e. The van der Waals surface area contributed by atoms with Crippen LogP contribution in [0.15, 0.2) is 54.7 Å². The van der Waals surface area contributed by atoms with Gasteiger partial charge in [0, 0.05) is 25.2 Å². The van der Waals surface area contributed by atoms with Crippen molar-refractivity contribution in [2.24, 2.45) is 5.92 Å². The summed E-state index contributed by atoms with van der Waals surface area (Å²) >= 11 is 0. The molecule has 7 heteroatoms. The van der Waals surface area contributed by atoms with Gasteiger partial charge >= 0.3 is 5.97 Å². The number of carbonyl (C=O) groups excluding carboxylic acids is 1. The molecular weight excluding hydrogens is 356 g/mol. The van der Waals surface area contributed by atoms with Gasteiger partial charge in [0.2, 0.25) is 0 Å². The van der Waals surface area contributed by atoms with Crippen molar-refractivity contribution in [1.82, 2.24) is 20.1 Å². The van der Waals surface area contributed by atoms with Gasteiger partial charge in [-0.2, -0.15) is 5.10 Å². The highest BCUT2D eigenvalue weighted by molar-refractivity contribution is 5.94. The second kappa shape index (κ2) is 7.26. The van der Waals surface area contributed by atoms with Crippen LogP contribution in [0.2, 0.25) is 0 Å². The van der Waals surface area contributed by atoms with Crippen LogP contribution in [0.5, 0.6) is 0 Å². The molecule has 1 aliphatic rings. The molecule has 2 aromatic heterocycles. The number of aromatic amines is 1. The number of aryl methyl sites for hydroxylation is 1. The monoisotopic (exact) mass is 376 g/mol. The van der Waals surface area contributed by atoms with E-state index in [1.807, 2.05) is 49.4 Å². The molecule has 0 unspecified atom stereocenters. The minimum atomic E-state index is -0.887. The number of carboxylic acid groups (broad SMARTS) is 1. The maximum Gasteiger partial charge on any atom is 0.308 e. The number of H-pyrrole nitrogens is 1. The highest BCUT2D eigenvalue weighted by Gasteiger charge is 2.41. The first-order valence-corrected chi connectivity index (χ1v) is 9.09. The molecule has 3 aromatic rings. The summed E-state index contributed by atoms with van der Waals surface area (Å²) in [6.07, 6.45) is 1.66. The topological polar surface area (TPSA) is 99.2 Å². The molecule has 1 aromatic carbocycles. The number of carbonyl (C=O) groups is 2. The molecule has 0 bridgehead atoms. The molecule has 3 heterocycles. The molecule has 0 radical (unpaired) electrons. The number of nitrogens with one attached hydrogen (secondary N) is 1. The van der Waals surface area contributed by atoms with Crippen LogP contribution in [0, 0.1) is 12.8 Å². The number of carboxylic acids is 1. The first kappa shape index (κ1) is 17.9. The molecule has 0 aliphatic carbocycles. The van der Waals surface area contributed by atoms with Crippen LogP contribution < -0.4 is 0 Å². The third-order valence-electron chi connectivity index (χ3n) is 5.25. The van der Waals surface area contributed by atoms with Crippen molar-refractivity contribution in [2.75, 3.05) is 13.1 Å². The fraction of sp³-hybridized carbons (Fsp3) is 0.238. The zero-order valence-corrected chi connectivity index (χ0v) is 15.4. The number of benzene rings is 1. The summed E-state index contributed by atoms with van der Waals surface area (Å²) in [4.78, 5) is 30.6. The van der Waals surface area contributed by atoms with Gasteiger partial charge in [0.05, 0.1) is 11.6 Å². The van der Waals surface area contributed by atoms with Crippen molar-refractivity contribution in [2.45, 2.75) is 12.8 Å². The molecule has 142 valence electrons. The van der Waals surface area contributed by atoms with Crippen LogP contribution in [0.25, 0.3) is 11.4 Å². The van der Waals surface area contributed by atoms with Crippen LogP contribution in [0.3, 0.4) is 0 Å². The summed E-state index contributed by atoms with van der Waals surface area (Å²) in [6, 6.07) is 14.9. The Hall–Kier alpha value is -3.48. The molecule has 2 atom stereocenters. The Morgan fingerprint density at radius 3 is 2.61 bits per heavy atom. The molecule has 0 saturated carbocycles. The Bertz CT molecular complexity index is 1020. The van der Waals surface area contributed by atoms with Gasteiger partial charge in [-0.3, -0.25) is 19.7 Å². The van der Waals surface area contributed by atoms with E-state index in [0.29, 0.717) is 23.6 Å². The molecule has 2 N–H and O–H groups in total. The van der Waals surface area contributed by atoms with Gasteiger partial charge in [-0.25, -0.2) is 0 Å². The maximum atomic E-state index is 13.0. The van der Waals surface area contributed by atoms with Gasteiger partial charge < -0.3 is 10.0 Å². The van der Waals surface area contributed by atoms with E-state index in [4.69, 9.17) is 0 Å². The van der Waals surface area contributed by atoms with E-state index in [1.165, 1.54) is 0 Å². The molecular formula is C21H20N4O3. The normalized spacial score (nSPS) is 19.0. The van der Waals surface area contributed by atoms with Gasteiger partial charge in [-0.15, -0.1) is 0 Å². The van der Waals surface area contributed by atoms with Gasteiger partial charge in [-0.1, -0.05) is 30.3 Å². The summed E-state index contributed by atoms with van der Waals surface area (Å²) in [5.74, 6) is -2.01. The predicted molar refractivity (Wildman–Crippen MR) is 103 cm³/mol. The molecule has 28 heavy (non-hydrogen) atoms. The van der Waals surface area contributed by atoms with Crippen LogP contribution in [0.4, 0.5) is 0 Å². The second-order valence-corrected chi connectivity index (χ2v) is 7.00. The number of rotatable bonds is 4. The molecule has 4 rings (SSSR count). The number of nitrogens with zero attached hydrogens (tertiary/aromatic N) is 3. The zero-order valence-electron chi connectivity index (χ0n) is 15.4. The lowest BCUT2D eigenvalue weighted by molar-refractivity contribution is -0.141. The quantitative estimate of drug-likeness (QED) is 0.729. The molecule has 1 aliphatic heterocycles. The summed E-state index contributed by atoms with van der Waals surface area (Å²) in [7, 11) is 0. The third kappa shape index (κ3) is 3.26. The van der Waals surface area contributed by atoms with Crippen molar-refractivity contribution in [3.8, 4) is 11.4 Å². The van der Waals surface area contributed by atoms with Gasteiger partial charge in [0.1, 0.15) is 11.4 Å². The highest BCUT2D eigenvalue weighted by Crippen LogP contribution is 2.35. The van der Waals surface area contributed by atoms with Gasteiger partial charge in [0.25, 0.3) is 5.91 Å². The average molecular weight is 376 g/mol. The first-order valence-electron chi connectivity index (χ1n) is 9.09. The van der Waals surface area contributed by atoms with E-state index in [-0.39, 0.29) is 18.4 Å². The van der Waals surface area contributed by atoms with Crippen molar-refractivity contribution in [1.29, 1.82) is 0 Å². The van der Waals surface area contributed by atoms with E-state index < -0.39 is 11.9 Å². The van der Waals surface area contributed by atoms with E-state index in [2.05, 4.69) is 15.2 Å². The van der Waals surface area contributed by atoms with Gasteiger partial charge in [0.15, 0.2) is 0 Å². The van der Waals surface area contributed by atoms with Crippen molar-refractivity contribution >= 4 is 11.9 Å². The van der Waals surface area contributed by atoms with Gasteiger partial charge in [-0.05, 0) is 36.2 Å². The molecule has 1 saturated heterocycles. The summed E-state index contributed by atoms with van der Waals surface area (Å²) < 4.78 is 0. The number of amides is 1. The number of hydrogen-bond acceptors (Lipinski definition) is 4. The Morgan fingerprint density at radius 2 is 1.89 bits per heavy atom. The fourth-order valence-electron chi connectivity index (χ4n) is 3.78. The van der Waals surface area contributed by atoms with Crippen LogP contribution in [0.1, 0.15) is 27.5 Å². The lowest BCUT2D eigenvalue weighted by Gasteiger charge is -2.17. The third-order valence-corrected chi connectivity index (χ3v) is 5.25. The lowest BCUT2D eigenvalue weighted by atomic mass is 9.86. The summed E-state index contributed by atoms with van der Waals surface area (Å²) in [5.41, 5.74) is 3.58. The number of likely N-dealkylation sites (tertiary alicyclic amines) is 1. The number of hydrogen-bond donors (Lipinski definition) is 2. The number of aliphatic carboxylic acids is 1. The van der Waals surface area contributed by atoms with Crippen LogP contribution in [-0.2, 0) is 4.79 Å². The highest BCUT2D eigenvalue weighted by atomic mass is 16.4. The van der Waals surface area contributed by atoms with E-state index in [1.54, 1.807) is 17.2 Å². The molecule has 1 amide bonds. The van der Waals surface area contributed by atoms with Crippen molar-refractivity contribution in [3.63, 3.8) is 0 Å². The minimum absolute atomic E-state index is 0.172.